The van der Waals surface area contributed by atoms with Crippen molar-refractivity contribution in [3.63, 3.8) is 0 Å². The molecule has 29 heavy (non-hydrogen) atoms. The van der Waals surface area contributed by atoms with Gasteiger partial charge in [0.15, 0.2) is 11.7 Å². The van der Waals surface area contributed by atoms with Crippen molar-refractivity contribution in [3.8, 4) is 11.3 Å². The zero-order valence-corrected chi connectivity index (χ0v) is 16.5. The molecule has 0 atom stereocenters. The highest BCUT2D eigenvalue weighted by molar-refractivity contribution is 7.89. The van der Waals surface area contributed by atoms with Gasteiger partial charge in [0.1, 0.15) is 5.82 Å². The summed E-state index contributed by atoms with van der Waals surface area (Å²) in [7, 11) is -3.89. The van der Waals surface area contributed by atoms with Gasteiger partial charge in [-0.1, -0.05) is 25.1 Å². The lowest BCUT2D eigenvalue weighted by molar-refractivity contribution is -0.116. The molecular weight excluding hydrogens is 397 g/mol. The summed E-state index contributed by atoms with van der Waals surface area (Å²) < 4.78 is 42.8. The summed E-state index contributed by atoms with van der Waals surface area (Å²) in [5.41, 5.74) is 1.20. The predicted molar refractivity (Wildman–Crippen MR) is 106 cm³/mol. The van der Waals surface area contributed by atoms with Crippen LogP contribution in [0.2, 0.25) is 0 Å². The first-order chi connectivity index (χ1) is 13.8. The molecule has 1 heterocycles. The smallest absolute Gasteiger partial charge is 0.238 e. The number of amides is 1. The van der Waals surface area contributed by atoms with Crippen molar-refractivity contribution in [1.82, 2.24) is 4.98 Å². The number of nitrogens with two attached hydrogens (primary N) is 1. The van der Waals surface area contributed by atoms with Crippen LogP contribution in [0.15, 0.2) is 58.0 Å². The topological polar surface area (TPSA) is 115 Å². The number of nitrogens with one attached hydrogen (secondary N) is 1. The van der Waals surface area contributed by atoms with Gasteiger partial charge in [0, 0.05) is 18.5 Å². The average molecular weight is 417 g/mol. The molecule has 0 fully saturated rings. The lowest BCUT2D eigenvalue weighted by Crippen LogP contribution is -2.16. The van der Waals surface area contributed by atoms with E-state index in [9.17, 15) is 17.6 Å². The molecule has 1 aromatic heterocycles. The summed E-state index contributed by atoms with van der Waals surface area (Å²) in [4.78, 5) is 16.3. The number of hydrogen-bond donors (Lipinski definition) is 2. The number of nitrogens with zero attached hydrogens (tertiary/aromatic N) is 1. The first-order valence-corrected chi connectivity index (χ1v) is 10.5. The highest BCUT2D eigenvalue weighted by atomic mass is 32.2. The number of benzene rings is 2. The largest absolute Gasteiger partial charge is 0.441 e. The maximum atomic E-state index is 13.8. The first kappa shape index (κ1) is 20.7. The summed E-state index contributed by atoms with van der Waals surface area (Å²) >= 11 is 0. The van der Waals surface area contributed by atoms with E-state index in [-0.39, 0.29) is 29.4 Å². The molecule has 0 aliphatic rings. The standard InChI is InChI=1S/C20H20FN3O4S/c1-2-13-7-8-14(11-18(13)29(22,26)27)24-19(25)9-10-20-23-12-17(28-20)15-5-3-4-6-16(15)21/h3-8,11-12H,2,9-10H2,1H3,(H,24,25)(H2,22,26,27). The van der Waals surface area contributed by atoms with Crippen LogP contribution < -0.4 is 10.5 Å². The number of carbonyl (C=O) groups is 1. The molecule has 0 aliphatic heterocycles. The number of carbonyl (C=O) groups excluding carboxylic acids is 1. The Labute approximate surface area is 167 Å². The number of hydrogen-bond acceptors (Lipinski definition) is 5. The molecule has 0 spiro atoms. The van der Waals surface area contributed by atoms with Crippen LogP contribution in [0.4, 0.5) is 10.1 Å². The number of primary sulfonamides is 1. The molecule has 0 radical (unpaired) electrons. The van der Waals surface area contributed by atoms with Crippen molar-refractivity contribution in [3.05, 3.63) is 65.9 Å². The number of oxazole rings is 1. The van der Waals surface area contributed by atoms with Gasteiger partial charge < -0.3 is 9.73 Å². The van der Waals surface area contributed by atoms with Crippen LogP contribution in [0.25, 0.3) is 11.3 Å². The highest BCUT2D eigenvalue weighted by Crippen LogP contribution is 2.24. The lowest BCUT2D eigenvalue weighted by atomic mass is 10.1. The van der Waals surface area contributed by atoms with Gasteiger partial charge in [-0.3, -0.25) is 4.79 Å². The fraction of sp³-hybridized carbons (Fsp3) is 0.200. The van der Waals surface area contributed by atoms with E-state index < -0.39 is 15.8 Å². The molecular formula is C20H20FN3O4S. The molecule has 0 saturated heterocycles. The Kier molecular flexibility index (Phi) is 6.09. The van der Waals surface area contributed by atoms with E-state index >= 15 is 0 Å². The Hall–Kier alpha value is -3.04. The van der Waals surface area contributed by atoms with Gasteiger partial charge in [-0.2, -0.15) is 0 Å². The third-order valence-corrected chi connectivity index (χ3v) is 5.29. The van der Waals surface area contributed by atoms with Gasteiger partial charge >= 0.3 is 0 Å². The summed E-state index contributed by atoms with van der Waals surface area (Å²) in [5, 5.41) is 7.88. The van der Waals surface area contributed by atoms with Crippen LogP contribution in [0, 0.1) is 5.82 Å². The number of sulfonamides is 1. The maximum Gasteiger partial charge on any atom is 0.238 e. The zero-order valence-electron chi connectivity index (χ0n) is 15.7. The molecule has 1 amide bonds. The molecule has 0 saturated carbocycles. The number of halogens is 1. The van der Waals surface area contributed by atoms with Crippen LogP contribution >= 0.6 is 0 Å². The van der Waals surface area contributed by atoms with Crippen molar-refractivity contribution in [2.24, 2.45) is 5.14 Å². The monoisotopic (exact) mass is 417 g/mol. The number of rotatable bonds is 7. The van der Waals surface area contributed by atoms with Gasteiger partial charge in [0.05, 0.1) is 16.7 Å². The van der Waals surface area contributed by atoms with Gasteiger partial charge in [-0.05, 0) is 36.2 Å². The Morgan fingerprint density at radius 3 is 2.69 bits per heavy atom. The molecule has 152 valence electrons. The normalized spacial score (nSPS) is 11.4. The zero-order chi connectivity index (χ0) is 21.0. The minimum atomic E-state index is -3.89. The van der Waals surface area contributed by atoms with Crippen molar-refractivity contribution < 1.29 is 22.0 Å². The second kappa shape index (κ2) is 8.54. The van der Waals surface area contributed by atoms with Crippen LogP contribution in [-0.4, -0.2) is 19.3 Å². The minimum Gasteiger partial charge on any atom is -0.441 e. The predicted octanol–water partition coefficient (Wildman–Crippen LogP) is 3.26. The molecule has 0 unspecified atom stereocenters. The van der Waals surface area contributed by atoms with E-state index in [1.54, 1.807) is 30.3 Å². The van der Waals surface area contributed by atoms with Crippen LogP contribution in [0.1, 0.15) is 24.8 Å². The molecule has 3 rings (SSSR count). The van der Waals surface area contributed by atoms with Gasteiger partial charge in [0.2, 0.25) is 15.9 Å². The molecule has 7 nitrogen and oxygen atoms in total. The van der Waals surface area contributed by atoms with Crippen LogP contribution in [0.3, 0.4) is 0 Å². The van der Waals surface area contributed by atoms with E-state index in [4.69, 9.17) is 9.56 Å². The SMILES string of the molecule is CCc1ccc(NC(=O)CCc2ncc(-c3ccccc3F)o2)cc1S(N)(=O)=O. The van der Waals surface area contributed by atoms with E-state index in [0.717, 1.165) is 0 Å². The van der Waals surface area contributed by atoms with E-state index in [2.05, 4.69) is 10.3 Å². The molecule has 0 bridgehead atoms. The van der Waals surface area contributed by atoms with Crippen LogP contribution in [-0.2, 0) is 27.7 Å². The van der Waals surface area contributed by atoms with Gasteiger partial charge in [-0.25, -0.2) is 22.9 Å². The van der Waals surface area contributed by atoms with Crippen molar-refractivity contribution >= 4 is 21.6 Å². The summed E-state index contributed by atoms with van der Waals surface area (Å²) in [5.74, 6) is -0.189. The molecule has 2 aromatic carbocycles. The van der Waals surface area contributed by atoms with Crippen molar-refractivity contribution in [2.45, 2.75) is 31.1 Å². The molecule has 3 N–H and O–H groups in total. The fourth-order valence-electron chi connectivity index (χ4n) is 2.84. The number of aryl methyl sites for hydroxylation is 2. The van der Waals surface area contributed by atoms with E-state index in [1.165, 1.54) is 18.3 Å². The Bertz CT molecular complexity index is 1140. The van der Waals surface area contributed by atoms with Crippen molar-refractivity contribution in [1.29, 1.82) is 0 Å². The molecule has 3 aromatic rings. The third-order valence-electron chi connectivity index (χ3n) is 4.30. The number of aromatic nitrogens is 1. The third kappa shape index (κ3) is 5.07. The summed E-state index contributed by atoms with van der Waals surface area (Å²) in [6.07, 6.45) is 2.16. The maximum absolute atomic E-state index is 13.8. The molecule has 9 heteroatoms. The summed E-state index contributed by atoms with van der Waals surface area (Å²) in [6.45, 7) is 1.81. The van der Waals surface area contributed by atoms with Crippen LogP contribution in [0.5, 0.6) is 0 Å². The Morgan fingerprint density at radius 2 is 2.00 bits per heavy atom. The van der Waals surface area contributed by atoms with E-state index in [0.29, 0.717) is 29.1 Å². The van der Waals surface area contributed by atoms with Gasteiger partial charge in [-0.15, -0.1) is 0 Å². The molecule has 0 aliphatic carbocycles. The minimum absolute atomic E-state index is 0.0139. The van der Waals surface area contributed by atoms with Gasteiger partial charge in [0.25, 0.3) is 0 Å². The average Bonchev–Trinajstić information content (AvgIpc) is 3.15. The first-order valence-electron chi connectivity index (χ1n) is 8.93. The fourth-order valence-corrected chi connectivity index (χ4v) is 3.71. The second-order valence-electron chi connectivity index (χ2n) is 6.37. The second-order valence-corrected chi connectivity index (χ2v) is 7.90. The quantitative estimate of drug-likeness (QED) is 0.612. The lowest BCUT2D eigenvalue weighted by Gasteiger charge is -2.10. The Balaban J connectivity index is 1.65. The van der Waals surface area contributed by atoms with E-state index in [1.807, 2.05) is 6.92 Å². The highest BCUT2D eigenvalue weighted by Gasteiger charge is 2.15. The summed E-state index contributed by atoms with van der Waals surface area (Å²) in [6, 6.07) is 10.7. The van der Waals surface area contributed by atoms with Crippen molar-refractivity contribution in [2.75, 3.05) is 5.32 Å². The number of anilines is 1. The Morgan fingerprint density at radius 1 is 1.24 bits per heavy atom.